The van der Waals surface area contributed by atoms with Crippen LogP contribution in [0.1, 0.15) is 31.6 Å². The van der Waals surface area contributed by atoms with Crippen LogP contribution in [0.25, 0.3) is 11.5 Å². The maximum atomic E-state index is 9.01. The third-order valence-electron chi connectivity index (χ3n) is 4.34. The Morgan fingerprint density at radius 2 is 2.22 bits per heavy atom. The minimum Gasteiger partial charge on any atom is -0.496 e. The molecule has 0 bridgehead atoms. The zero-order valence-corrected chi connectivity index (χ0v) is 13.4. The smallest absolute Gasteiger partial charge is 0.251 e. The van der Waals surface area contributed by atoms with Gasteiger partial charge in [-0.1, -0.05) is 12.1 Å². The van der Waals surface area contributed by atoms with Gasteiger partial charge in [0.15, 0.2) is 0 Å². The molecular formula is C17H23N3O3. The lowest BCUT2D eigenvalue weighted by Crippen LogP contribution is -2.29. The van der Waals surface area contributed by atoms with E-state index in [2.05, 4.69) is 15.1 Å². The molecule has 3 rings (SSSR count). The van der Waals surface area contributed by atoms with Gasteiger partial charge in [-0.3, -0.25) is 4.90 Å². The zero-order chi connectivity index (χ0) is 16.1. The van der Waals surface area contributed by atoms with Gasteiger partial charge in [0.25, 0.3) is 5.89 Å². The van der Waals surface area contributed by atoms with E-state index in [-0.39, 0.29) is 6.61 Å². The molecule has 1 aromatic carbocycles. The van der Waals surface area contributed by atoms with Crippen molar-refractivity contribution in [3.8, 4) is 17.2 Å². The molecule has 0 spiro atoms. The number of aromatic nitrogens is 2. The molecule has 0 amide bonds. The third-order valence-corrected chi connectivity index (χ3v) is 4.34. The largest absolute Gasteiger partial charge is 0.496 e. The second-order valence-corrected chi connectivity index (χ2v) is 5.83. The number of rotatable bonds is 7. The van der Waals surface area contributed by atoms with Crippen molar-refractivity contribution in [1.29, 1.82) is 0 Å². The lowest BCUT2D eigenvalue weighted by atomic mass is 10.1. The summed E-state index contributed by atoms with van der Waals surface area (Å²) >= 11 is 0. The summed E-state index contributed by atoms with van der Waals surface area (Å²) in [5, 5.41) is 17.4. The molecule has 1 unspecified atom stereocenters. The van der Waals surface area contributed by atoms with Crippen LogP contribution >= 0.6 is 0 Å². The van der Waals surface area contributed by atoms with Gasteiger partial charge in [0.1, 0.15) is 5.75 Å². The van der Waals surface area contributed by atoms with E-state index < -0.39 is 0 Å². The fourth-order valence-corrected chi connectivity index (χ4v) is 3.18. The van der Waals surface area contributed by atoms with Crippen LogP contribution in [0.4, 0.5) is 0 Å². The van der Waals surface area contributed by atoms with E-state index in [1.807, 2.05) is 24.3 Å². The molecule has 1 saturated heterocycles. The van der Waals surface area contributed by atoms with E-state index in [1.54, 1.807) is 7.11 Å². The SMILES string of the molecule is COc1ccccc1-c1nnc(CN2CCCC2CCCO)o1. The molecule has 2 aromatic rings. The molecule has 0 radical (unpaired) electrons. The van der Waals surface area contributed by atoms with Crippen LogP contribution in [0.15, 0.2) is 28.7 Å². The van der Waals surface area contributed by atoms with Crippen molar-refractivity contribution in [2.24, 2.45) is 0 Å². The van der Waals surface area contributed by atoms with Crippen molar-refractivity contribution in [2.75, 3.05) is 20.3 Å². The Morgan fingerprint density at radius 1 is 1.35 bits per heavy atom. The van der Waals surface area contributed by atoms with E-state index in [1.165, 1.54) is 12.8 Å². The maximum Gasteiger partial charge on any atom is 0.251 e. The molecule has 2 heterocycles. The van der Waals surface area contributed by atoms with Gasteiger partial charge < -0.3 is 14.3 Å². The molecule has 0 saturated carbocycles. The van der Waals surface area contributed by atoms with Crippen molar-refractivity contribution in [2.45, 2.75) is 38.3 Å². The summed E-state index contributed by atoms with van der Waals surface area (Å²) in [5.74, 6) is 1.84. The van der Waals surface area contributed by atoms with E-state index >= 15 is 0 Å². The Balaban J connectivity index is 1.70. The number of ether oxygens (including phenoxy) is 1. The number of hydrogen-bond donors (Lipinski definition) is 1. The number of methoxy groups -OCH3 is 1. The van der Waals surface area contributed by atoms with Crippen molar-refractivity contribution >= 4 is 0 Å². The average Bonchev–Trinajstić information content (AvgIpc) is 3.23. The van der Waals surface area contributed by atoms with Crippen molar-refractivity contribution < 1.29 is 14.3 Å². The van der Waals surface area contributed by atoms with Crippen LogP contribution in [0.5, 0.6) is 5.75 Å². The lowest BCUT2D eigenvalue weighted by molar-refractivity contribution is 0.195. The molecule has 0 aliphatic carbocycles. The van der Waals surface area contributed by atoms with Gasteiger partial charge >= 0.3 is 0 Å². The average molecular weight is 317 g/mol. The summed E-state index contributed by atoms with van der Waals surface area (Å²) in [5.41, 5.74) is 0.812. The first-order chi connectivity index (χ1) is 11.3. The van der Waals surface area contributed by atoms with Crippen LogP contribution in [-0.4, -0.2) is 46.5 Å². The van der Waals surface area contributed by atoms with Crippen LogP contribution in [0, 0.1) is 0 Å². The van der Waals surface area contributed by atoms with Crippen LogP contribution in [0.3, 0.4) is 0 Å². The first-order valence-corrected chi connectivity index (χ1v) is 8.12. The molecule has 124 valence electrons. The summed E-state index contributed by atoms with van der Waals surface area (Å²) in [7, 11) is 1.63. The Hall–Kier alpha value is -1.92. The van der Waals surface area contributed by atoms with Crippen LogP contribution < -0.4 is 4.74 Å². The number of likely N-dealkylation sites (tertiary alicyclic amines) is 1. The minimum absolute atomic E-state index is 0.253. The van der Waals surface area contributed by atoms with Crippen LogP contribution in [-0.2, 0) is 6.54 Å². The lowest BCUT2D eigenvalue weighted by Gasteiger charge is -2.22. The van der Waals surface area contributed by atoms with Crippen LogP contribution in [0.2, 0.25) is 0 Å². The topological polar surface area (TPSA) is 71.6 Å². The van der Waals surface area contributed by atoms with Crippen molar-refractivity contribution in [3.63, 3.8) is 0 Å². The Morgan fingerprint density at radius 3 is 3.04 bits per heavy atom. The molecule has 1 fully saturated rings. The van der Waals surface area contributed by atoms with Crippen molar-refractivity contribution in [1.82, 2.24) is 15.1 Å². The molecule has 1 aromatic heterocycles. The zero-order valence-electron chi connectivity index (χ0n) is 13.4. The molecule has 6 nitrogen and oxygen atoms in total. The monoisotopic (exact) mass is 317 g/mol. The highest BCUT2D eigenvalue weighted by Crippen LogP contribution is 2.29. The summed E-state index contributed by atoms with van der Waals surface area (Å²) in [6.07, 6.45) is 4.22. The van der Waals surface area contributed by atoms with Crippen molar-refractivity contribution in [3.05, 3.63) is 30.2 Å². The number of aliphatic hydroxyl groups excluding tert-OH is 1. The quantitative estimate of drug-likeness (QED) is 0.846. The highest BCUT2D eigenvalue weighted by atomic mass is 16.5. The van der Waals surface area contributed by atoms with Gasteiger partial charge in [-0.2, -0.15) is 0 Å². The highest BCUT2D eigenvalue weighted by molar-refractivity contribution is 5.62. The molecule has 6 heteroatoms. The number of nitrogens with zero attached hydrogens (tertiary/aromatic N) is 3. The molecular weight excluding hydrogens is 294 g/mol. The highest BCUT2D eigenvalue weighted by Gasteiger charge is 2.26. The summed E-state index contributed by atoms with van der Waals surface area (Å²) < 4.78 is 11.2. The van der Waals surface area contributed by atoms with Gasteiger partial charge in [0.2, 0.25) is 5.89 Å². The van der Waals surface area contributed by atoms with E-state index in [4.69, 9.17) is 14.3 Å². The molecule has 1 N–H and O–H groups in total. The van der Waals surface area contributed by atoms with Gasteiger partial charge in [-0.25, -0.2) is 0 Å². The molecule has 1 aliphatic rings. The molecule has 1 atom stereocenters. The van der Waals surface area contributed by atoms with E-state index in [9.17, 15) is 0 Å². The number of para-hydroxylation sites is 1. The van der Waals surface area contributed by atoms with E-state index in [0.29, 0.717) is 24.4 Å². The second-order valence-electron chi connectivity index (χ2n) is 5.83. The Kier molecular flexibility index (Phi) is 5.25. The second kappa shape index (κ2) is 7.57. The fraction of sp³-hybridized carbons (Fsp3) is 0.529. The third kappa shape index (κ3) is 3.71. The minimum atomic E-state index is 0.253. The first kappa shape index (κ1) is 16.0. The Labute approximate surface area is 136 Å². The van der Waals surface area contributed by atoms with Gasteiger partial charge in [0, 0.05) is 12.6 Å². The predicted octanol–water partition coefficient (Wildman–Crippen LogP) is 2.48. The van der Waals surface area contributed by atoms with E-state index in [0.717, 1.165) is 30.7 Å². The first-order valence-electron chi connectivity index (χ1n) is 8.12. The summed E-state index contributed by atoms with van der Waals surface area (Å²) in [6.45, 7) is 1.96. The van der Waals surface area contributed by atoms with Gasteiger partial charge in [-0.05, 0) is 44.4 Å². The summed E-state index contributed by atoms with van der Waals surface area (Å²) in [6, 6.07) is 8.13. The normalized spacial score (nSPS) is 18.4. The number of benzene rings is 1. The summed E-state index contributed by atoms with van der Waals surface area (Å²) in [4.78, 5) is 2.37. The number of hydrogen-bond acceptors (Lipinski definition) is 6. The molecule has 1 aliphatic heterocycles. The van der Waals surface area contributed by atoms with Gasteiger partial charge in [0.05, 0.1) is 19.2 Å². The number of aliphatic hydroxyl groups is 1. The maximum absolute atomic E-state index is 9.01. The molecule has 23 heavy (non-hydrogen) atoms. The van der Waals surface area contributed by atoms with Gasteiger partial charge in [-0.15, -0.1) is 10.2 Å². The standard InChI is InChI=1S/C17H23N3O3/c1-22-15-9-3-2-8-14(15)17-19-18-16(23-17)12-20-10-4-6-13(20)7-5-11-21/h2-3,8-9,13,21H,4-7,10-12H2,1H3. The Bertz CT molecular complexity index is 629. The fourth-order valence-electron chi connectivity index (χ4n) is 3.18. The predicted molar refractivity (Wildman–Crippen MR) is 86.0 cm³/mol.